The third kappa shape index (κ3) is 12.5. The second-order valence-electron chi connectivity index (χ2n) is 17.9. The van der Waals surface area contributed by atoms with E-state index in [1.54, 1.807) is 36.4 Å². The first-order valence-corrected chi connectivity index (χ1v) is 23.7. The number of carbonyl (C=O) groups is 4. The van der Waals surface area contributed by atoms with E-state index in [-0.39, 0.29) is 96.4 Å². The summed E-state index contributed by atoms with van der Waals surface area (Å²) in [6.07, 6.45) is 4.68. The number of nitrogens with zero attached hydrogens (tertiary/aromatic N) is 4. The molecule has 4 unspecified atom stereocenters. The molecule has 6 rings (SSSR count). The van der Waals surface area contributed by atoms with E-state index in [0.29, 0.717) is 22.3 Å². The topological polar surface area (TPSA) is 220 Å². The van der Waals surface area contributed by atoms with Gasteiger partial charge in [-0.2, -0.15) is 0 Å². The van der Waals surface area contributed by atoms with Gasteiger partial charge < -0.3 is 29.5 Å². The number of piperidine rings is 2. The minimum atomic E-state index is -0.769. The molecule has 0 spiro atoms. The van der Waals surface area contributed by atoms with E-state index in [1.807, 2.05) is 52.0 Å². The Kier molecular flexibility index (Phi) is 17.3. The van der Waals surface area contributed by atoms with Crippen LogP contribution in [-0.4, -0.2) is 105 Å². The summed E-state index contributed by atoms with van der Waals surface area (Å²) in [5.74, 6) is -2.96. The van der Waals surface area contributed by atoms with Crippen molar-refractivity contribution in [1.82, 2.24) is 9.80 Å². The van der Waals surface area contributed by atoms with Gasteiger partial charge in [-0.05, 0) is 82.3 Å². The van der Waals surface area contributed by atoms with Crippen LogP contribution in [0.4, 0.5) is 11.4 Å². The molecule has 2 saturated heterocycles. The number of amides is 2. The van der Waals surface area contributed by atoms with Gasteiger partial charge in [0.25, 0.3) is 11.4 Å². The van der Waals surface area contributed by atoms with E-state index >= 15 is 0 Å². The lowest BCUT2D eigenvalue weighted by molar-refractivity contribution is -0.387. The summed E-state index contributed by atoms with van der Waals surface area (Å²) in [4.78, 5) is 79.6. The molecule has 2 amide bonds. The number of hydrogen-bond donors (Lipinski definition) is 2. The molecule has 4 aromatic rings. The maximum absolute atomic E-state index is 13.7. The van der Waals surface area contributed by atoms with Gasteiger partial charge in [-0.15, -0.1) is 0 Å². The molecule has 2 fully saturated rings. The minimum absolute atomic E-state index is 0.0543. The van der Waals surface area contributed by atoms with E-state index in [1.165, 1.54) is 60.1 Å². The van der Waals surface area contributed by atoms with Crippen LogP contribution in [0.3, 0.4) is 0 Å². The average molecular weight is 963 g/mol. The fourth-order valence-corrected chi connectivity index (χ4v) is 9.93. The molecule has 2 aliphatic rings. The Labute approximate surface area is 405 Å². The molecule has 2 N–H and O–H groups in total. The van der Waals surface area contributed by atoms with Gasteiger partial charge >= 0.3 is 11.9 Å². The fourth-order valence-electron chi connectivity index (χ4n) is 8.87. The van der Waals surface area contributed by atoms with Gasteiger partial charge in [0, 0.05) is 64.0 Å². The Morgan fingerprint density at radius 3 is 1.38 bits per heavy atom. The number of hydrogen-bond acceptors (Lipinski definition) is 13. The van der Waals surface area contributed by atoms with Crippen LogP contribution in [0.15, 0.2) is 94.7 Å². The molecular formula is C52H58N4O12S. The van der Waals surface area contributed by atoms with Gasteiger partial charge in [-0.1, -0.05) is 100 Å². The predicted molar refractivity (Wildman–Crippen MR) is 262 cm³/mol. The van der Waals surface area contributed by atoms with Crippen LogP contribution in [0.1, 0.15) is 88.5 Å². The first-order chi connectivity index (χ1) is 32.9. The summed E-state index contributed by atoms with van der Waals surface area (Å²) < 4.78 is 10.3. The standard InChI is InChI=1S/C52H58N4O12S/c1-31(2)39-11-7-9-13-41(39)49-35(17-21-47(61)53-25-23-43(59)37(27-53)29-67-33(5)57)15-19-45(51(49)55(63)64)69-46-20-16-36(50(52(46)56(65)66)42-14-10-8-12-40(42)32(3)4)18-22-48(62)54-26-24-44(60)38(28-54)30-68-34(6)58/h7-22,31-32,37-38,43-44,59-60H,23-30H2,1-6H3/b21-17+,22-18+. The van der Waals surface area contributed by atoms with Crippen LogP contribution in [0, 0.1) is 32.1 Å². The summed E-state index contributed by atoms with van der Waals surface area (Å²) in [6.45, 7) is 11.0. The summed E-state index contributed by atoms with van der Waals surface area (Å²) in [6, 6.07) is 20.8. The number of ether oxygens (including phenoxy) is 2. The second-order valence-corrected chi connectivity index (χ2v) is 19.0. The van der Waals surface area contributed by atoms with E-state index < -0.39 is 57.6 Å². The van der Waals surface area contributed by atoms with Crippen molar-refractivity contribution >= 4 is 59.0 Å². The lowest BCUT2D eigenvalue weighted by Gasteiger charge is -2.35. The molecule has 0 aromatic heterocycles. The zero-order chi connectivity index (χ0) is 50.1. The van der Waals surface area contributed by atoms with Crippen molar-refractivity contribution in [2.45, 2.75) is 88.2 Å². The predicted octanol–water partition coefficient (Wildman–Crippen LogP) is 8.81. The molecule has 4 atom stereocenters. The summed E-state index contributed by atoms with van der Waals surface area (Å²) >= 11 is 0.868. The Morgan fingerprint density at radius 1 is 0.652 bits per heavy atom. The maximum Gasteiger partial charge on any atom is 0.302 e. The van der Waals surface area contributed by atoms with Crippen LogP contribution in [0.5, 0.6) is 0 Å². The zero-order valence-electron chi connectivity index (χ0n) is 39.5. The number of nitro groups is 2. The quantitative estimate of drug-likeness (QED) is 0.0465. The molecule has 69 heavy (non-hydrogen) atoms. The van der Waals surface area contributed by atoms with Gasteiger partial charge in [0.1, 0.15) is 0 Å². The number of nitro benzene ring substituents is 2. The first-order valence-electron chi connectivity index (χ1n) is 22.9. The molecule has 2 heterocycles. The Morgan fingerprint density at radius 2 is 1.03 bits per heavy atom. The van der Waals surface area contributed by atoms with E-state index in [4.69, 9.17) is 9.47 Å². The number of likely N-dealkylation sites (tertiary alicyclic amines) is 2. The van der Waals surface area contributed by atoms with Gasteiger partial charge in [0.15, 0.2) is 0 Å². The van der Waals surface area contributed by atoms with Crippen molar-refractivity contribution in [3.63, 3.8) is 0 Å². The summed E-state index contributed by atoms with van der Waals surface area (Å²) in [5, 5.41) is 48.1. The second kappa shape index (κ2) is 23.1. The molecular weight excluding hydrogens is 905 g/mol. The van der Waals surface area contributed by atoms with E-state index in [2.05, 4.69) is 0 Å². The molecule has 0 aliphatic carbocycles. The maximum atomic E-state index is 13.7. The third-order valence-electron chi connectivity index (χ3n) is 12.5. The summed E-state index contributed by atoms with van der Waals surface area (Å²) in [5.41, 5.74) is 3.18. The number of benzene rings is 4. The number of aliphatic hydroxyl groups excluding tert-OH is 2. The number of carbonyl (C=O) groups excluding carboxylic acids is 4. The van der Waals surface area contributed by atoms with E-state index in [0.717, 1.165) is 22.9 Å². The van der Waals surface area contributed by atoms with Crippen LogP contribution >= 0.6 is 11.8 Å². The SMILES string of the molecule is CC(=O)OCC1CN(C(=O)/C=C/c2ccc(Sc3ccc(/C=C/C(=O)N4CCC(O)C(COC(C)=O)C4)c(-c4ccccc4C(C)C)c3[N+](=O)[O-])c([N+](=O)[O-])c2-c2ccccc2C(C)C)CCC1O. The van der Waals surface area contributed by atoms with Gasteiger partial charge in [0.2, 0.25) is 11.8 Å². The third-order valence-corrected chi connectivity index (χ3v) is 13.6. The molecule has 0 saturated carbocycles. The van der Waals surface area contributed by atoms with Crippen LogP contribution in [0.2, 0.25) is 0 Å². The molecule has 364 valence electrons. The van der Waals surface area contributed by atoms with Crippen molar-refractivity contribution in [2.75, 3.05) is 39.4 Å². The van der Waals surface area contributed by atoms with Crippen LogP contribution < -0.4 is 0 Å². The van der Waals surface area contributed by atoms with Crippen molar-refractivity contribution in [2.24, 2.45) is 11.8 Å². The van der Waals surface area contributed by atoms with Gasteiger partial charge in [0.05, 0.1) is 56.2 Å². The van der Waals surface area contributed by atoms with Crippen molar-refractivity contribution < 1.29 is 48.7 Å². The average Bonchev–Trinajstić information content (AvgIpc) is 3.31. The molecule has 17 heteroatoms. The van der Waals surface area contributed by atoms with Gasteiger partial charge in [-0.25, -0.2) is 0 Å². The smallest absolute Gasteiger partial charge is 0.302 e. The number of aliphatic hydroxyl groups is 2. The van der Waals surface area contributed by atoms with Gasteiger partial charge in [-0.3, -0.25) is 39.4 Å². The highest BCUT2D eigenvalue weighted by molar-refractivity contribution is 7.99. The number of rotatable bonds is 16. The highest BCUT2D eigenvalue weighted by Crippen LogP contribution is 2.50. The molecule has 2 aliphatic heterocycles. The van der Waals surface area contributed by atoms with Crippen molar-refractivity contribution in [3.05, 3.63) is 127 Å². The van der Waals surface area contributed by atoms with Crippen molar-refractivity contribution in [3.8, 4) is 22.3 Å². The molecule has 0 radical (unpaired) electrons. The minimum Gasteiger partial charge on any atom is -0.465 e. The fraction of sp³-hybridized carbons (Fsp3) is 0.385. The van der Waals surface area contributed by atoms with Crippen molar-refractivity contribution in [1.29, 1.82) is 0 Å². The number of esters is 2. The lowest BCUT2D eigenvalue weighted by Crippen LogP contribution is -2.47. The monoisotopic (exact) mass is 962 g/mol. The van der Waals surface area contributed by atoms with E-state index in [9.17, 15) is 49.6 Å². The Balaban J connectivity index is 1.46. The highest BCUT2D eigenvalue weighted by atomic mass is 32.2. The largest absolute Gasteiger partial charge is 0.465 e. The normalized spacial score (nSPS) is 18.5. The lowest BCUT2D eigenvalue weighted by atomic mass is 9.89. The zero-order valence-corrected chi connectivity index (χ0v) is 40.3. The first kappa shape index (κ1) is 51.7. The van der Waals surface area contributed by atoms with Crippen LogP contribution in [0.25, 0.3) is 34.4 Å². The molecule has 4 aromatic carbocycles. The molecule has 0 bridgehead atoms. The Bertz CT molecular complexity index is 2480. The Hall–Kier alpha value is -6.69. The highest BCUT2D eigenvalue weighted by Gasteiger charge is 2.34. The molecule has 16 nitrogen and oxygen atoms in total. The summed E-state index contributed by atoms with van der Waals surface area (Å²) in [7, 11) is 0. The van der Waals surface area contributed by atoms with Crippen LogP contribution in [-0.2, 0) is 28.7 Å².